The third kappa shape index (κ3) is 2.86. The number of aromatic nitrogens is 2. The highest BCUT2D eigenvalue weighted by atomic mass is 16.8. The number of hydrogen-bond donors (Lipinski definition) is 2. The summed E-state index contributed by atoms with van der Waals surface area (Å²) in [6.07, 6.45) is 1.19. The van der Waals surface area contributed by atoms with Gasteiger partial charge in [0.05, 0.1) is 6.42 Å². The van der Waals surface area contributed by atoms with Crippen LogP contribution in [0.3, 0.4) is 0 Å². The highest BCUT2D eigenvalue weighted by Crippen LogP contribution is 2.17. The third-order valence-corrected chi connectivity index (χ3v) is 2.31. The fraction of sp³-hybridized carbons (Fsp3) is 0.571. The second-order valence-electron chi connectivity index (χ2n) is 3.80. The van der Waals surface area contributed by atoms with Crippen LogP contribution >= 0.6 is 0 Å². The van der Waals surface area contributed by atoms with Crippen molar-refractivity contribution in [2.75, 3.05) is 0 Å². The highest BCUT2D eigenvalue weighted by Gasteiger charge is 2.40. The predicted molar refractivity (Wildman–Crippen MR) is 58.5 cm³/mol. The van der Waals surface area contributed by atoms with E-state index in [-0.39, 0.29) is 18.0 Å². The molecule has 2 heterocycles. The summed E-state index contributed by atoms with van der Waals surface area (Å²) in [4.78, 5) is 14.7. The van der Waals surface area contributed by atoms with E-state index in [0.29, 0.717) is 0 Å². The molecule has 12 nitrogen and oxygen atoms in total. The summed E-state index contributed by atoms with van der Waals surface area (Å²) >= 11 is 0. The zero-order valence-electron chi connectivity index (χ0n) is 9.76. The summed E-state index contributed by atoms with van der Waals surface area (Å²) in [5.74, 6) is -1.48. The van der Waals surface area contributed by atoms with E-state index in [1.165, 1.54) is 13.1 Å². The molecule has 0 spiro atoms. The van der Waals surface area contributed by atoms with Crippen molar-refractivity contribution in [1.82, 2.24) is 15.8 Å². The first kappa shape index (κ1) is 13.0. The zero-order chi connectivity index (χ0) is 13.9. The predicted octanol–water partition coefficient (Wildman–Crippen LogP) is -0.288. The molecule has 0 radical (unpaired) electrons. The molecule has 19 heavy (non-hydrogen) atoms. The molecule has 0 aromatic carbocycles. The molecule has 0 saturated heterocycles. The second kappa shape index (κ2) is 5.03. The number of hydroxylamine groups is 1. The van der Waals surface area contributed by atoms with E-state index in [1.54, 1.807) is 0 Å². The fourth-order valence-electron chi connectivity index (χ4n) is 1.24. The maximum atomic E-state index is 10.6. The van der Waals surface area contributed by atoms with Gasteiger partial charge in [0, 0.05) is 11.8 Å². The average Bonchev–Trinajstić information content (AvgIpc) is 2.98. The SMILES string of the molecule is CC(CC1=NONC1(N)N=Nc1cnon1)[N+](=O)[O-]. The lowest BCUT2D eigenvalue weighted by atomic mass is 10.1. The first-order chi connectivity index (χ1) is 9.01. The Labute approximate surface area is 105 Å². The van der Waals surface area contributed by atoms with Gasteiger partial charge in [0.1, 0.15) is 11.9 Å². The van der Waals surface area contributed by atoms with Gasteiger partial charge in [-0.2, -0.15) is 0 Å². The van der Waals surface area contributed by atoms with Crippen LogP contribution in [0.25, 0.3) is 0 Å². The van der Waals surface area contributed by atoms with Crippen molar-refractivity contribution < 1.29 is 14.5 Å². The minimum absolute atomic E-state index is 0.0351. The molecule has 0 saturated carbocycles. The lowest BCUT2D eigenvalue weighted by Crippen LogP contribution is -2.54. The Bertz CT molecular complexity index is 513. The normalized spacial score (nSPS) is 24.2. The molecule has 3 N–H and O–H groups in total. The molecule has 102 valence electrons. The second-order valence-corrected chi connectivity index (χ2v) is 3.80. The van der Waals surface area contributed by atoms with E-state index < -0.39 is 16.8 Å². The molecule has 2 unspecified atom stereocenters. The molecule has 0 amide bonds. The molecule has 2 rings (SSSR count). The van der Waals surface area contributed by atoms with E-state index in [2.05, 4.69) is 40.7 Å². The van der Waals surface area contributed by atoms with E-state index in [9.17, 15) is 10.1 Å². The zero-order valence-corrected chi connectivity index (χ0v) is 9.76. The number of nitrogens with one attached hydrogen (secondary N) is 1. The van der Waals surface area contributed by atoms with Gasteiger partial charge < -0.3 is 0 Å². The molecule has 1 aliphatic rings. The van der Waals surface area contributed by atoms with Gasteiger partial charge in [-0.05, 0) is 5.16 Å². The van der Waals surface area contributed by atoms with Gasteiger partial charge in [-0.1, -0.05) is 15.8 Å². The molecule has 1 aliphatic heterocycles. The first-order valence-corrected chi connectivity index (χ1v) is 5.14. The summed E-state index contributed by atoms with van der Waals surface area (Å²) in [5.41, 5.74) is 8.29. The molecule has 1 aromatic rings. The van der Waals surface area contributed by atoms with Crippen molar-refractivity contribution in [3.8, 4) is 0 Å². The Morgan fingerprint density at radius 1 is 1.74 bits per heavy atom. The number of rotatable bonds is 5. The van der Waals surface area contributed by atoms with Crippen LogP contribution < -0.4 is 11.2 Å². The lowest BCUT2D eigenvalue weighted by molar-refractivity contribution is -0.516. The lowest BCUT2D eigenvalue weighted by Gasteiger charge is -2.16. The molecule has 1 aromatic heterocycles. The van der Waals surface area contributed by atoms with E-state index >= 15 is 0 Å². The van der Waals surface area contributed by atoms with Gasteiger partial charge in [-0.25, -0.2) is 4.63 Å². The Morgan fingerprint density at radius 3 is 3.16 bits per heavy atom. The van der Waals surface area contributed by atoms with Gasteiger partial charge in [0.2, 0.25) is 11.9 Å². The Hall–Kier alpha value is -2.47. The highest BCUT2D eigenvalue weighted by molar-refractivity contribution is 5.93. The average molecular weight is 270 g/mol. The summed E-state index contributed by atoms with van der Waals surface area (Å²) < 4.78 is 4.32. The third-order valence-electron chi connectivity index (χ3n) is 2.31. The van der Waals surface area contributed by atoms with Gasteiger partial charge >= 0.3 is 0 Å². The maximum absolute atomic E-state index is 10.6. The van der Waals surface area contributed by atoms with E-state index in [1.807, 2.05) is 0 Å². The Kier molecular flexibility index (Phi) is 3.43. The van der Waals surface area contributed by atoms with Gasteiger partial charge in [-0.15, -0.1) is 10.2 Å². The Balaban J connectivity index is 2.09. The van der Waals surface area contributed by atoms with Crippen LogP contribution in [0, 0.1) is 10.1 Å². The van der Waals surface area contributed by atoms with Gasteiger partial charge in [-0.3, -0.25) is 20.8 Å². The van der Waals surface area contributed by atoms with Crippen LogP contribution in [0.4, 0.5) is 5.82 Å². The molecule has 0 fully saturated rings. The number of azo groups is 1. The van der Waals surface area contributed by atoms with Crippen molar-refractivity contribution in [2.45, 2.75) is 25.2 Å². The number of hydrogen-bond acceptors (Lipinski definition) is 11. The van der Waals surface area contributed by atoms with Crippen LogP contribution in [-0.2, 0) is 4.94 Å². The quantitative estimate of drug-likeness (QED) is 0.418. The van der Waals surface area contributed by atoms with Crippen LogP contribution in [0.15, 0.2) is 26.2 Å². The number of oxime groups is 1. The molecule has 0 bridgehead atoms. The monoisotopic (exact) mass is 270 g/mol. The number of nitrogens with zero attached hydrogens (tertiary/aromatic N) is 6. The van der Waals surface area contributed by atoms with Crippen molar-refractivity contribution >= 4 is 11.5 Å². The van der Waals surface area contributed by atoms with Gasteiger partial charge in [0.25, 0.3) is 5.79 Å². The standard InChI is InChI=1S/C7H10N8O4/c1-4(15(16)17)2-5-7(8,14-19-11-5)13-10-6-3-9-18-12-6/h3-4,14H,2,8H2,1H3. The molecular formula is C7H10N8O4. The minimum atomic E-state index is -1.58. The van der Waals surface area contributed by atoms with Crippen molar-refractivity contribution in [2.24, 2.45) is 21.1 Å². The molecule has 2 atom stereocenters. The summed E-state index contributed by atoms with van der Waals surface area (Å²) in [5, 5.41) is 28.3. The summed E-state index contributed by atoms with van der Waals surface area (Å²) in [6, 6.07) is -0.880. The summed E-state index contributed by atoms with van der Waals surface area (Å²) in [6.45, 7) is 1.42. The van der Waals surface area contributed by atoms with Gasteiger partial charge in [0.15, 0.2) is 0 Å². The molecular weight excluding hydrogens is 260 g/mol. The van der Waals surface area contributed by atoms with E-state index in [4.69, 9.17) is 5.73 Å². The fourth-order valence-corrected chi connectivity index (χ4v) is 1.24. The van der Waals surface area contributed by atoms with Crippen molar-refractivity contribution in [3.05, 3.63) is 16.3 Å². The van der Waals surface area contributed by atoms with Crippen molar-refractivity contribution in [1.29, 1.82) is 0 Å². The number of nitrogens with two attached hydrogens (primary N) is 1. The maximum Gasteiger partial charge on any atom is 0.258 e. The molecule has 0 aliphatic carbocycles. The minimum Gasteiger partial charge on any atom is -0.296 e. The first-order valence-electron chi connectivity index (χ1n) is 5.14. The van der Waals surface area contributed by atoms with Crippen LogP contribution in [0.5, 0.6) is 0 Å². The van der Waals surface area contributed by atoms with Crippen molar-refractivity contribution in [3.63, 3.8) is 0 Å². The van der Waals surface area contributed by atoms with Crippen LogP contribution in [0.1, 0.15) is 13.3 Å². The topological polar surface area (TPSA) is 166 Å². The largest absolute Gasteiger partial charge is 0.296 e. The van der Waals surface area contributed by atoms with Crippen LogP contribution in [0.2, 0.25) is 0 Å². The van der Waals surface area contributed by atoms with E-state index in [0.717, 1.165) is 0 Å². The number of nitro groups is 1. The summed E-state index contributed by atoms with van der Waals surface area (Å²) in [7, 11) is 0. The van der Waals surface area contributed by atoms with Crippen LogP contribution in [-0.4, -0.2) is 32.8 Å². The molecule has 12 heteroatoms. The Morgan fingerprint density at radius 2 is 2.53 bits per heavy atom. The smallest absolute Gasteiger partial charge is 0.258 e.